The molecule has 16 heteroatoms. The molecule has 0 bridgehead atoms. The monoisotopic (exact) mass is 804 g/mol. The summed E-state index contributed by atoms with van der Waals surface area (Å²) in [5, 5.41) is 22.1. The Morgan fingerprint density at radius 1 is 0.554 bits per heavy atom. The van der Waals surface area contributed by atoms with Crippen LogP contribution in [0.25, 0.3) is 11.1 Å². The van der Waals surface area contributed by atoms with Crippen molar-refractivity contribution in [3.05, 3.63) is 82.8 Å². The summed E-state index contributed by atoms with van der Waals surface area (Å²) in [7, 11) is 0. The quantitative estimate of drug-likeness (QED) is 0.0695. The predicted octanol–water partition coefficient (Wildman–Crippen LogP) is 9.62. The predicted molar refractivity (Wildman–Crippen MR) is 215 cm³/mol. The van der Waals surface area contributed by atoms with Crippen LogP contribution in [0.15, 0.2) is 93.3 Å². The Kier molecular flexibility index (Phi) is 15.9. The van der Waals surface area contributed by atoms with E-state index in [4.69, 9.17) is 42.1 Å². The number of azo groups is 2. The molecule has 2 N–H and O–H groups in total. The Labute approximate surface area is 334 Å². The Morgan fingerprint density at radius 3 is 1.25 bits per heavy atom. The molecule has 0 saturated carbocycles. The molecule has 2 atom stereocenters. The van der Waals surface area contributed by atoms with E-state index in [9.17, 15) is 19.2 Å². The van der Waals surface area contributed by atoms with Crippen LogP contribution in [0.5, 0.6) is 23.0 Å². The van der Waals surface area contributed by atoms with Gasteiger partial charge in [0.05, 0.1) is 47.8 Å². The Hall–Kier alpha value is -5.86. The van der Waals surface area contributed by atoms with Crippen LogP contribution in [-0.2, 0) is 19.2 Å². The number of hydrogen-bond acceptors (Lipinski definition) is 12. The van der Waals surface area contributed by atoms with E-state index in [-0.39, 0.29) is 15.7 Å². The smallest absolute Gasteiger partial charge is 0.258 e. The first-order valence-electron chi connectivity index (χ1n) is 17.7. The molecule has 0 aliphatic heterocycles. The van der Waals surface area contributed by atoms with Crippen molar-refractivity contribution < 1.29 is 38.1 Å². The van der Waals surface area contributed by atoms with Crippen LogP contribution in [0.1, 0.15) is 41.5 Å². The maximum absolute atomic E-state index is 13.1. The molecular formula is C40H42Cl2N6O8. The van der Waals surface area contributed by atoms with Gasteiger partial charge >= 0.3 is 0 Å². The molecule has 56 heavy (non-hydrogen) atoms. The Balaban J connectivity index is 1.47. The number of halogens is 2. The lowest BCUT2D eigenvalue weighted by molar-refractivity contribution is -0.127. The van der Waals surface area contributed by atoms with Crippen LogP contribution in [0.2, 0.25) is 10.0 Å². The lowest BCUT2D eigenvalue weighted by atomic mass is 10.0. The van der Waals surface area contributed by atoms with Crippen molar-refractivity contribution in [1.29, 1.82) is 0 Å². The molecule has 294 valence electrons. The molecule has 2 amide bonds. The molecule has 0 fully saturated rings. The molecule has 0 aliphatic carbocycles. The largest absolute Gasteiger partial charge is 0.494 e. The molecule has 2 unspecified atom stereocenters. The summed E-state index contributed by atoms with van der Waals surface area (Å²) in [5.41, 5.74) is 2.38. The number of amides is 2. The highest BCUT2D eigenvalue weighted by atomic mass is 35.5. The Morgan fingerprint density at radius 2 is 0.911 bits per heavy atom. The van der Waals surface area contributed by atoms with Crippen LogP contribution in [0.3, 0.4) is 0 Å². The molecule has 0 spiro atoms. The summed E-state index contributed by atoms with van der Waals surface area (Å²) in [6.07, 6.45) is 0. The van der Waals surface area contributed by atoms with Gasteiger partial charge in [0.25, 0.3) is 11.8 Å². The van der Waals surface area contributed by atoms with E-state index >= 15 is 0 Å². The van der Waals surface area contributed by atoms with Gasteiger partial charge < -0.3 is 29.6 Å². The maximum Gasteiger partial charge on any atom is 0.258 e. The minimum Gasteiger partial charge on any atom is -0.494 e. The highest BCUT2D eigenvalue weighted by Gasteiger charge is 2.25. The Bertz CT molecular complexity index is 2040. The van der Waals surface area contributed by atoms with E-state index < -0.39 is 35.5 Å². The zero-order chi connectivity index (χ0) is 40.8. The molecule has 0 heterocycles. The summed E-state index contributed by atoms with van der Waals surface area (Å²) < 4.78 is 22.2. The van der Waals surface area contributed by atoms with Crippen molar-refractivity contribution in [3.63, 3.8) is 0 Å². The first kappa shape index (κ1) is 42.9. The number of anilines is 2. The van der Waals surface area contributed by atoms with Gasteiger partial charge in [-0.1, -0.05) is 35.3 Å². The van der Waals surface area contributed by atoms with Gasteiger partial charge in [-0.25, -0.2) is 0 Å². The number of nitrogens with zero attached hydrogens (tertiary/aromatic N) is 4. The number of carbonyl (C=O) groups excluding carboxylic acids is 4. The second-order valence-electron chi connectivity index (χ2n) is 11.9. The van der Waals surface area contributed by atoms with Crippen molar-refractivity contribution in [3.8, 4) is 34.1 Å². The topological polar surface area (TPSA) is 179 Å². The molecule has 0 aliphatic rings. The molecular weight excluding hydrogens is 763 g/mol. The van der Waals surface area contributed by atoms with Crippen molar-refractivity contribution >= 4 is 69.3 Å². The normalized spacial score (nSPS) is 12.2. The molecule has 14 nitrogen and oxygen atoms in total. The highest BCUT2D eigenvalue weighted by molar-refractivity contribution is 6.39. The second kappa shape index (κ2) is 20.7. The summed E-state index contributed by atoms with van der Waals surface area (Å²) >= 11 is 13.3. The van der Waals surface area contributed by atoms with Crippen molar-refractivity contribution in [2.24, 2.45) is 20.5 Å². The highest BCUT2D eigenvalue weighted by Crippen LogP contribution is 2.39. The van der Waals surface area contributed by atoms with Crippen LogP contribution in [0.4, 0.5) is 22.7 Å². The summed E-state index contributed by atoms with van der Waals surface area (Å²) in [4.78, 5) is 51.1. The van der Waals surface area contributed by atoms with Gasteiger partial charge in [-0.3, -0.25) is 19.2 Å². The maximum atomic E-state index is 13.1. The van der Waals surface area contributed by atoms with Crippen LogP contribution < -0.4 is 29.6 Å². The van der Waals surface area contributed by atoms with Gasteiger partial charge in [0, 0.05) is 53.3 Å². The fourth-order valence-electron chi connectivity index (χ4n) is 5.18. The number of benzene rings is 4. The SMILES string of the molecule is CCOc1cc(NC(=O)C(N=Nc2ccc(-c3c(Cl)cc(N=NC(C(C)=O)C(=O)Nc4cc(OCC)cc(OCC)c4)cc3Cl)cc2)C(C)=O)cc(OCC)c1. The number of Topliss-reactive ketones (excluding diaryl/α,β-unsaturated/α-hetero) is 2. The van der Waals surface area contributed by atoms with Gasteiger partial charge in [0.1, 0.15) is 23.0 Å². The third kappa shape index (κ3) is 12.1. The third-order valence-corrected chi connectivity index (χ3v) is 8.16. The van der Waals surface area contributed by atoms with E-state index in [0.717, 1.165) is 0 Å². The average molecular weight is 806 g/mol. The van der Waals surface area contributed by atoms with Gasteiger partial charge in [-0.2, -0.15) is 20.5 Å². The van der Waals surface area contributed by atoms with Crippen LogP contribution >= 0.6 is 23.2 Å². The van der Waals surface area contributed by atoms with Gasteiger partial charge in [0.2, 0.25) is 12.1 Å². The minimum atomic E-state index is -1.46. The fourth-order valence-corrected chi connectivity index (χ4v) is 5.88. The molecule has 0 radical (unpaired) electrons. The number of nitrogens with one attached hydrogen (secondary N) is 2. The number of hydrogen-bond donors (Lipinski definition) is 2. The van der Waals surface area contributed by atoms with Crippen LogP contribution in [-0.4, -0.2) is 61.9 Å². The summed E-state index contributed by atoms with van der Waals surface area (Å²) in [5.74, 6) is -0.478. The lowest BCUT2D eigenvalue weighted by Crippen LogP contribution is -2.31. The minimum absolute atomic E-state index is 0.206. The average Bonchev–Trinajstić information content (AvgIpc) is 3.12. The number of ether oxygens (including phenoxy) is 4. The first-order chi connectivity index (χ1) is 26.8. The standard InChI is InChI=1S/C40H42Cl2N6O8/c1-7-53-30-15-27(16-31(21-30)54-8-2)43-39(51)37(23(5)49)47-45-26-13-11-25(12-14-26)36-34(41)19-29(20-35(36)42)46-48-38(24(6)50)40(52)44-28-17-32(55-9-3)22-33(18-28)56-10-4/h11-22,37-38H,7-10H2,1-6H3,(H,43,51)(H,44,52). The number of ketones is 2. The van der Waals surface area contributed by atoms with Crippen molar-refractivity contribution in [2.45, 2.75) is 53.6 Å². The van der Waals surface area contributed by atoms with Gasteiger partial charge in [0.15, 0.2) is 11.6 Å². The zero-order valence-corrected chi connectivity index (χ0v) is 33.2. The lowest BCUT2D eigenvalue weighted by Gasteiger charge is -2.13. The van der Waals surface area contributed by atoms with Crippen LogP contribution in [0, 0.1) is 0 Å². The van der Waals surface area contributed by atoms with Crippen molar-refractivity contribution in [2.75, 3.05) is 37.1 Å². The molecule has 4 aromatic carbocycles. The van der Waals surface area contributed by atoms with Crippen molar-refractivity contribution in [1.82, 2.24) is 0 Å². The van der Waals surface area contributed by atoms with E-state index in [0.29, 0.717) is 77.6 Å². The third-order valence-electron chi connectivity index (χ3n) is 7.57. The number of rotatable bonds is 19. The molecule has 4 aromatic rings. The van der Waals surface area contributed by atoms with E-state index in [1.165, 1.54) is 26.0 Å². The number of carbonyl (C=O) groups is 4. The summed E-state index contributed by atoms with van der Waals surface area (Å²) in [6.45, 7) is 11.4. The first-order valence-corrected chi connectivity index (χ1v) is 18.5. The molecule has 0 saturated heterocycles. The van der Waals surface area contributed by atoms with Gasteiger partial charge in [-0.15, -0.1) is 0 Å². The van der Waals surface area contributed by atoms with Gasteiger partial charge in [-0.05, 0) is 71.4 Å². The summed E-state index contributed by atoms with van der Waals surface area (Å²) in [6, 6.07) is 16.6. The fraction of sp³-hybridized carbons (Fsp3) is 0.300. The van der Waals surface area contributed by atoms with E-state index in [1.807, 2.05) is 27.7 Å². The zero-order valence-electron chi connectivity index (χ0n) is 31.7. The van der Waals surface area contributed by atoms with E-state index in [2.05, 4.69) is 31.1 Å². The molecule has 4 rings (SSSR count). The van der Waals surface area contributed by atoms with E-state index in [1.54, 1.807) is 60.7 Å². The molecule has 0 aromatic heterocycles. The second-order valence-corrected chi connectivity index (χ2v) is 12.7.